The number of hydrogen-bond acceptors (Lipinski definition) is 10. The Morgan fingerprint density at radius 3 is 2.74 bits per heavy atom. The summed E-state index contributed by atoms with van der Waals surface area (Å²) in [6, 6.07) is 2.94. The molecule has 2 aromatic heterocycles. The molecule has 3 atom stereocenters. The van der Waals surface area contributed by atoms with Gasteiger partial charge in [0.2, 0.25) is 17.7 Å². The quantitative estimate of drug-likeness (QED) is 0.466. The van der Waals surface area contributed by atoms with Crippen molar-refractivity contribution in [3.05, 3.63) is 42.2 Å². The molecule has 0 saturated carbocycles. The summed E-state index contributed by atoms with van der Waals surface area (Å²) in [5, 5.41) is 16.5. The molecule has 3 heterocycles. The van der Waals surface area contributed by atoms with E-state index in [1.54, 1.807) is 6.92 Å². The fourth-order valence-corrected chi connectivity index (χ4v) is 3.24. The van der Waals surface area contributed by atoms with Gasteiger partial charge in [0.1, 0.15) is 24.5 Å². The van der Waals surface area contributed by atoms with Crippen LogP contribution in [0.15, 0.2) is 35.0 Å². The molecule has 186 valence electrons. The van der Waals surface area contributed by atoms with Gasteiger partial charge in [0, 0.05) is 11.8 Å². The first-order chi connectivity index (χ1) is 16.5. The lowest BCUT2D eigenvalue weighted by Crippen LogP contribution is -2.41. The van der Waals surface area contributed by atoms with Gasteiger partial charge in [0.25, 0.3) is 0 Å². The van der Waals surface area contributed by atoms with Crippen LogP contribution in [-0.4, -0.2) is 56.4 Å². The summed E-state index contributed by atoms with van der Waals surface area (Å²) in [5.41, 5.74) is 0.0304. The highest BCUT2D eigenvalue weighted by Gasteiger charge is 2.38. The number of cyclic esters (lactones) is 1. The second-order valence-corrected chi connectivity index (χ2v) is 7.51. The largest absolute Gasteiger partial charge is 0.573 e. The van der Waals surface area contributed by atoms with Crippen molar-refractivity contribution in [1.29, 1.82) is 0 Å². The van der Waals surface area contributed by atoms with E-state index in [-0.39, 0.29) is 35.7 Å². The molecule has 2 N–H and O–H groups in total. The highest BCUT2D eigenvalue weighted by Crippen LogP contribution is 2.30. The molecule has 1 fully saturated rings. The van der Waals surface area contributed by atoms with Crippen LogP contribution in [0.2, 0.25) is 0 Å². The molecule has 1 amide bonds. The monoisotopic (exact) mass is 498 g/mol. The third kappa shape index (κ3) is 5.40. The molecule has 0 unspecified atom stereocenters. The summed E-state index contributed by atoms with van der Waals surface area (Å²) >= 11 is 0. The van der Waals surface area contributed by atoms with Crippen LogP contribution < -0.4 is 15.0 Å². The highest BCUT2D eigenvalue weighted by atomic mass is 19.4. The molecule has 35 heavy (non-hydrogen) atoms. The lowest BCUT2D eigenvalue weighted by atomic mass is 10.2. The molecule has 0 spiro atoms. The Hall–Kier alpha value is -4.01. The smallest absolute Gasteiger partial charge is 0.447 e. The van der Waals surface area contributed by atoms with E-state index >= 15 is 0 Å². The summed E-state index contributed by atoms with van der Waals surface area (Å²) in [7, 11) is 0. The van der Waals surface area contributed by atoms with Crippen LogP contribution >= 0.6 is 0 Å². The third-order valence-corrected chi connectivity index (χ3v) is 4.92. The number of halogens is 4. The van der Waals surface area contributed by atoms with Gasteiger partial charge in [0.05, 0.1) is 6.10 Å². The van der Waals surface area contributed by atoms with Gasteiger partial charge in [-0.2, -0.15) is 9.97 Å². The fraction of sp³-hybridized carbons (Fsp3) is 0.350. The van der Waals surface area contributed by atoms with Crippen LogP contribution in [0.3, 0.4) is 0 Å². The Balaban J connectivity index is 1.50. The van der Waals surface area contributed by atoms with Gasteiger partial charge in [0.15, 0.2) is 11.6 Å². The van der Waals surface area contributed by atoms with Crippen LogP contribution in [0.5, 0.6) is 5.75 Å². The number of hydrogen-bond donors (Lipinski definition) is 2. The second kappa shape index (κ2) is 9.32. The van der Waals surface area contributed by atoms with Gasteiger partial charge in [-0.05, 0) is 38.1 Å². The van der Waals surface area contributed by atoms with E-state index in [0.717, 1.165) is 12.1 Å². The van der Waals surface area contributed by atoms with Gasteiger partial charge in [-0.15, -0.1) is 13.2 Å². The number of ether oxygens (including phenoxy) is 2. The van der Waals surface area contributed by atoms with Crippen LogP contribution in [0.1, 0.15) is 25.8 Å². The zero-order chi connectivity index (χ0) is 25.3. The zero-order valence-electron chi connectivity index (χ0n) is 18.2. The number of alkyl halides is 3. The Morgan fingerprint density at radius 1 is 1.26 bits per heavy atom. The van der Waals surface area contributed by atoms with Gasteiger partial charge >= 0.3 is 12.5 Å². The van der Waals surface area contributed by atoms with E-state index < -0.39 is 42.2 Å². The first kappa shape index (κ1) is 24.1. The first-order valence-electron chi connectivity index (χ1n) is 10.1. The Kier molecular flexibility index (Phi) is 6.43. The number of nitrogens with one attached hydrogen (secondary N) is 1. The van der Waals surface area contributed by atoms with Crippen LogP contribution in [0.25, 0.3) is 11.4 Å². The standard InChI is InChI=1S/C20H18F4N6O5/c1-9(26-18-25-6-5-15(27-18)30-13(10(2)31)8-33-19(30)32)17-28-16(29-35-17)11-3-4-12(21)14(7-11)34-20(22,23)24/h3-7,9-10,13,31H,8H2,1-2H3,(H,25,26,27)/t9-,10-,13-/m1/s1. The van der Waals surface area contributed by atoms with Crippen LogP contribution in [-0.2, 0) is 4.74 Å². The van der Waals surface area contributed by atoms with E-state index in [0.29, 0.717) is 0 Å². The summed E-state index contributed by atoms with van der Waals surface area (Å²) in [6.07, 6.45) is -5.21. The highest BCUT2D eigenvalue weighted by molar-refractivity contribution is 5.89. The van der Waals surface area contributed by atoms with Crippen LogP contribution in [0.4, 0.5) is 34.1 Å². The van der Waals surface area contributed by atoms with Gasteiger partial charge in [-0.1, -0.05) is 5.16 Å². The number of carbonyl (C=O) groups is 1. The van der Waals surface area contributed by atoms with Crippen molar-refractivity contribution in [3.63, 3.8) is 0 Å². The lowest BCUT2D eigenvalue weighted by molar-refractivity contribution is -0.275. The number of aromatic nitrogens is 4. The molecule has 1 aliphatic rings. The maximum absolute atomic E-state index is 13.7. The van der Waals surface area contributed by atoms with Gasteiger partial charge < -0.3 is 24.4 Å². The fourth-order valence-electron chi connectivity index (χ4n) is 3.24. The van der Waals surface area contributed by atoms with Crippen molar-refractivity contribution >= 4 is 17.9 Å². The van der Waals surface area contributed by atoms with E-state index in [2.05, 4.69) is 30.2 Å². The minimum absolute atomic E-state index is 0.00351. The maximum atomic E-state index is 13.7. The van der Waals surface area contributed by atoms with Crippen molar-refractivity contribution in [2.24, 2.45) is 0 Å². The molecule has 1 aliphatic heterocycles. The van der Waals surface area contributed by atoms with Gasteiger partial charge in [-0.25, -0.2) is 14.2 Å². The summed E-state index contributed by atoms with van der Waals surface area (Å²) < 4.78 is 64.9. The molecule has 11 nitrogen and oxygen atoms in total. The molecule has 3 aromatic rings. The van der Waals surface area contributed by atoms with Crippen molar-refractivity contribution in [1.82, 2.24) is 20.1 Å². The number of carbonyl (C=O) groups excluding carboxylic acids is 1. The van der Waals surface area contributed by atoms with Crippen molar-refractivity contribution < 1.29 is 41.5 Å². The minimum atomic E-state index is -5.07. The SMILES string of the molecule is C[C@@H](Nc1nccc(N2C(=O)OC[C@@H]2[C@@H](C)O)n1)c1nc(-c2ccc(F)c(OC(F)(F)F)c2)no1. The number of aliphatic hydroxyl groups is 1. The number of rotatable bonds is 7. The van der Waals surface area contributed by atoms with Crippen molar-refractivity contribution in [2.45, 2.75) is 38.4 Å². The molecule has 1 aromatic carbocycles. The lowest BCUT2D eigenvalue weighted by Gasteiger charge is -2.22. The number of nitrogens with zero attached hydrogens (tertiary/aromatic N) is 5. The van der Waals surface area contributed by atoms with Crippen molar-refractivity contribution in [2.75, 3.05) is 16.8 Å². The molecule has 4 rings (SSSR count). The van der Waals surface area contributed by atoms with E-state index in [1.165, 1.54) is 30.2 Å². The molecule has 1 saturated heterocycles. The molecule has 0 aliphatic carbocycles. The summed E-state index contributed by atoms with van der Waals surface area (Å²) in [5.74, 6) is -2.04. The first-order valence-corrected chi connectivity index (χ1v) is 10.1. The number of anilines is 2. The Bertz CT molecular complexity index is 1220. The molecular formula is C20H18F4N6O5. The number of aliphatic hydroxyl groups excluding tert-OH is 1. The Morgan fingerprint density at radius 2 is 2.03 bits per heavy atom. The second-order valence-electron chi connectivity index (χ2n) is 7.51. The Labute approximate surface area is 194 Å². The summed E-state index contributed by atoms with van der Waals surface area (Å²) in [4.78, 5) is 25.8. The van der Waals surface area contributed by atoms with E-state index in [4.69, 9.17) is 9.26 Å². The van der Waals surface area contributed by atoms with Gasteiger partial charge in [-0.3, -0.25) is 4.90 Å². The molecule has 0 bridgehead atoms. The normalized spacial score (nSPS) is 17.7. The third-order valence-electron chi connectivity index (χ3n) is 4.92. The van der Waals surface area contributed by atoms with Crippen molar-refractivity contribution in [3.8, 4) is 17.1 Å². The number of amides is 1. The number of benzene rings is 1. The maximum Gasteiger partial charge on any atom is 0.573 e. The average Bonchev–Trinajstić information content (AvgIpc) is 3.42. The predicted molar refractivity (Wildman–Crippen MR) is 110 cm³/mol. The predicted octanol–water partition coefficient (Wildman–Crippen LogP) is 3.44. The van der Waals surface area contributed by atoms with E-state index in [1.807, 2.05) is 0 Å². The van der Waals surface area contributed by atoms with Crippen LogP contribution in [0, 0.1) is 5.82 Å². The zero-order valence-corrected chi connectivity index (χ0v) is 18.2. The molecule has 15 heteroatoms. The topological polar surface area (TPSA) is 136 Å². The summed E-state index contributed by atoms with van der Waals surface area (Å²) in [6.45, 7) is 3.15. The molecule has 0 radical (unpaired) electrons. The average molecular weight is 498 g/mol. The van der Waals surface area contributed by atoms with E-state index in [9.17, 15) is 27.5 Å². The molecular weight excluding hydrogens is 480 g/mol. The minimum Gasteiger partial charge on any atom is -0.447 e.